The maximum Gasteiger partial charge on any atom is 0.0695 e. The van der Waals surface area contributed by atoms with Crippen LogP contribution in [0.2, 0.25) is 0 Å². The second-order valence-electron chi connectivity index (χ2n) is 5.29. The Bertz CT molecular complexity index is 371. The third-order valence-electron chi connectivity index (χ3n) is 3.51. The molecule has 1 atom stereocenters. The van der Waals surface area contributed by atoms with E-state index in [1.807, 2.05) is 6.20 Å². The first-order valence-corrected chi connectivity index (χ1v) is 8.00. The highest BCUT2D eigenvalue weighted by molar-refractivity contribution is 9.10. The zero-order chi connectivity index (χ0) is 13.0. The van der Waals surface area contributed by atoms with Gasteiger partial charge in [0.15, 0.2) is 0 Å². The molecule has 4 heteroatoms. The molecule has 0 aromatic carbocycles. The van der Waals surface area contributed by atoms with E-state index in [0.29, 0.717) is 6.04 Å². The lowest BCUT2D eigenvalue weighted by Crippen LogP contribution is -2.25. The van der Waals surface area contributed by atoms with Gasteiger partial charge >= 0.3 is 0 Å². The molecule has 1 N–H and O–H groups in total. The van der Waals surface area contributed by atoms with Crippen LogP contribution in [0, 0.1) is 5.92 Å². The topological polar surface area (TPSA) is 29.9 Å². The molecule has 1 unspecified atom stereocenters. The molecular formula is C14H24BrN3. The maximum absolute atomic E-state index is 4.49. The normalized spacial score (nSPS) is 17.1. The zero-order valence-corrected chi connectivity index (χ0v) is 13.0. The molecule has 1 aliphatic rings. The summed E-state index contributed by atoms with van der Waals surface area (Å²) in [5.74, 6) is 0.927. The molecule has 0 spiro atoms. The van der Waals surface area contributed by atoms with Crippen LogP contribution in [0.15, 0.2) is 10.7 Å². The fraction of sp³-hybridized carbons (Fsp3) is 0.786. The average Bonchev–Trinajstić information content (AvgIpc) is 3.10. The van der Waals surface area contributed by atoms with E-state index in [4.69, 9.17) is 0 Å². The van der Waals surface area contributed by atoms with Crippen LogP contribution in [0.25, 0.3) is 0 Å². The number of hydrogen-bond donors (Lipinski definition) is 1. The summed E-state index contributed by atoms with van der Waals surface area (Å²) >= 11 is 3.67. The van der Waals surface area contributed by atoms with Gasteiger partial charge in [0, 0.05) is 6.54 Å². The smallest absolute Gasteiger partial charge is 0.0695 e. The summed E-state index contributed by atoms with van der Waals surface area (Å²) in [5.41, 5.74) is 1.34. The fourth-order valence-corrected chi connectivity index (χ4v) is 2.98. The van der Waals surface area contributed by atoms with Crippen molar-refractivity contribution in [2.75, 3.05) is 6.54 Å². The summed E-state index contributed by atoms with van der Waals surface area (Å²) in [6, 6.07) is 0.459. The van der Waals surface area contributed by atoms with Crippen LogP contribution < -0.4 is 5.32 Å². The highest BCUT2D eigenvalue weighted by Gasteiger charge is 2.28. The number of aryl methyl sites for hydroxylation is 1. The first-order valence-electron chi connectivity index (χ1n) is 7.20. The van der Waals surface area contributed by atoms with Crippen LogP contribution in [-0.4, -0.2) is 16.3 Å². The van der Waals surface area contributed by atoms with Gasteiger partial charge in [-0.3, -0.25) is 4.68 Å². The highest BCUT2D eigenvalue weighted by atomic mass is 79.9. The lowest BCUT2D eigenvalue weighted by Gasteiger charge is -2.20. The Labute approximate surface area is 118 Å². The van der Waals surface area contributed by atoms with Crippen molar-refractivity contribution in [1.29, 1.82) is 0 Å². The van der Waals surface area contributed by atoms with Crippen molar-refractivity contribution in [2.45, 2.75) is 58.5 Å². The van der Waals surface area contributed by atoms with Gasteiger partial charge in [0.25, 0.3) is 0 Å². The first-order chi connectivity index (χ1) is 8.76. The highest BCUT2D eigenvalue weighted by Crippen LogP contribution is 2.39. The molecular weight excluding hydrogens is 290 g/mol. The van der Waals surface area contributed by atoms with Gasteiger partial charge in [-0.2, -0.15) is 5.10 Å². The van der Waals surface area contributed by atoms with E-state index >= 15 is 0 Å². The molecule has 1 saturated carbocycles. The predicted octanol–water partition coefficient (Wildman–Crippen LogP) is 3.90. The fourth-order valence-electron chi connectivity index (χ4n) is 2.41. The van der Waals surface area contributed by atoms with Gasteiger partial charge in [0.1, 0.15) is 0 Å². The molecule has 0 radical (unpaired) electrons. The van der Waals surface area contributed by atoms with E-state index in [9.17, 15) is 0 Å². The number of rotatable bonds is 8. The summed E-state index contributed by atoms with van der Waals surface area (Å²) in [6.07, 6.45) is 8.33. The minimum absolute atomic E-state index is 0.459. The largest absolute Gasteiger partial charge is 0.309 e. The molecule has 0 aliphatic heterocycles. The van der Waals surface area contributed by atoms with E-state index in [1.54, 1.807) is 0 Å². The summed E-state index contributed by atoms with van der Waals surface area (Å²) in [5, 5.41) is 8.18. The van der Waals surface area contributed by atoms with E-state index < -0.39 is 0 Å². The van der Waals surface area contributed by atoms with Gasteiger partial charge in [-0.25, -0.2) is 0 Å². The number of aromatic nitrogens is 2. The van der Waals surface area contributed by atoms with Crippen LogP contribution in [0.5, 0.6) is 0 Å². The van der Waals surface area contributed by atoms with Crippen molar-refractivity contribution in [2.24, 2.45) is 5.92 Å². The van der Waals surface area contributed by atoms with Crippen LogP contribution in [-0.2, 0) is 6.54 Å². The third-order valence-corrected chi connectivity index (χ3v) is 4.12. The van der Waals surface area contributed by atoms with Gasteiger partial charge in [0.05, 0.1) is 22.4 Å². The zero-order valence-electron chi connectivity index (χ0n) is 11.5. The van der Waals surface area contributed by atoms with Crippen molar-refractivity contribution in [3.05, 3.63) is 16.4 Å². The molecule has 0 bridgehead atoms. The Morgan fingerprint density at radius 1 is 1.44 bits per heavy atom. The van der Waals surface area contributed by atoms with Crippen LogP contribution in [0.4, 0.5) is 0 Å². The Kier molecular flexibility index (Phi) is 5.25. The van der Waals surface area contributed by atoms with Gasteiger partial charge in [0.2, 0.25) is 0 Å². The summed E-state index contributed by atoms with van der Waals surface area (Å²) in [4.78, 5) is 0. The molecule has 3 nitrogen and oxygen atoms in total. The maximum atomic E-state index is 4.49. The van der Waals surface area contributed by atoms with E-state index in [0.717, 1.165) is 29.9 Å². The van der Waals surface area contributed by atoms with Crippen molar-refractivity contribution in [3.8, 4) is 0 Å². The van der Waals surface area contributed by atoms with Crippen molar-refractivity contribution < 1.29 is 0 Å². The van der Waals surface area contributed by atoms with Gasteiger partial charge < -0.3 is 5.32 Å². The standard InChI is InChI=1S/C14H24BrN3/c1-3-7-16-13(9-11-5-6-11)14-12(15)10-17-18(14)8-4-2/h10-11,13,16H,3-9H2,1-2H3. The van der Waals surface area contributed by atoms with E-state index in [2.05, 4.69) is 44.9 Å². The monoisotopic (exact) mass is 313 g/mol. The predicted molar refractivity (Wildman–Crippen MR) is 78.6 cm³/mol. The average molecular weight is 314 g/mol. The van der Waals surface area contributed by atoms with Crippen LogP contribution >= 0.6 is 15.9 Å². The van der Waals surface area contributed by atoms with Gasteiger partial charge in [-0.15, -0.1) is 0 Å². The number of nitrogens with zero attached hydrogens (tertiary/aromatic N) is 2. The third kappa shape index (κ3) is 3.58. The summed E-state index contributed by atoms with van der Waals surface area (Å²) in [6.45, 7) is 6.52. The molecule has 1 aromatic rings. The van der Waals surface area contributed by atoms with Crippen molar-refractivity contribution in [3.63, 3.8) is 0 Å². The van der Waals surface area contributed by atoms with Gasteiger partial charge in [-0.05, 0) is 47.7 Å². The molecule has 18 heavy (non-hydrogen) atoms. The molecule has 2 rings (SSSR count). The molecule has 1 aliphatic carbocycles. The summed E-state index contributed by atoms with van der Waals surface area (Å²) in [7, 11) is 0. The summed E-state index contributed by atoms with van der Waals surface area (Å²) < 4.78 is 3.32. The Morgan fingerprint density at radius 2 is 2.22 bits per heavy atom. The second-order valence-corrected chi connectivity index (χ2v) is 6.14. The number of nitrogens with one attached hydrogen (secondary N) is 1. The van der Waals surface area contributed by atoms with Crippen LogP contribution in [0.3, 0.4) is 0 Å². The van der Waals surface area contributed by atoms with E-state index in [1.165, 1.54) is 31.4 Å². The molecule has 1 heterocycles. The van der Waals surface area contributed by atoms with Crippen molar-refractivity contribution in [1.82, 2.24) is 15.1 Å². The van der Waals surface area contributed by atoms with Gasteiger partial charge in [-0.1, -0.05) is 26.7 Å². The van der Waals surface area contributed by atoms with E-state index in [-0.39, 0.29) is 0 Å². The molecule has 1 fully saturated rings. The quantitative estimate of drug-likeness (QED) is 0.789. The molecule has 0 amide bonds. The molecule has 0 saturated heterocycles. The minimum atomic E-state index is 0.459. The number of hydrogen-bond acceptors (Lipinski definition) is 2. The van der Waals surface area contributed by atoms with Crippen molar-refractivity contribution >= 4 is 15.9 Å². The first kappa shape index (κ1) is 14.1. The Hall–Kier alpha value is -0.350. The number of halogens is 1. The molecule has 102 valence electrons. The second kappa shape index (κ2) is 6.71. The Balaban J connectivity index is 2.13. The lowest BCUT2D eigenvalue weighted by molar-refractivity contribution is 0.430. The Morgan fingerprint density at radius 3 is 2.83 bits per heavy atom. The minimum Gasteiger partial charge on any atom is -0.309 e. The van der Waals surface area contributed by atoms with Crippen LogP contribution in [0.1, 0.15) is 57.7 Å². The molecule has 1 aromatic heterocycles. The SMILES string of the molecule is CCCNC(CC1CC1)c1c(Br)cnn1CCC. The lowest BCUT2D eigenvalue weighted by atomic mass is 10.1.